The predicted molar refractivity (Wildman–Crippen MR) is 135 cm³/mol. The fourth-order valence-corrected chi connectivity index (χ4v) is 5.42. The summed E-state index contributed by atoms with van der Waals surface area (Å²) in [6.07, 6.45) is 3.28. The van der Waals surface area contributed by atoms with Gasteiger partial charge in [0.1, 0.15) is 12.4 Å². The summed E-state index contributed by atoms with van der Waals surface area (Å²) >= 11 is 3.59. The number of aryl methyl sites for hydroxylation is 1. The summed E-state index contributed by atoms with van der Waals surface area (Å²) in [5, 5.41) is 0. The fourth-order valence-electron chi connectivity index (χ4n) is 3.66. The largest absolute Gasteiger partial charge is 0.497 e. The first-order valence-corrected chi connectivity index (χ1v) is 13.0. The van der Waals surface area contributed by atoms with Crippen molar-refractivity contribution in [3.8, 4) is 5.75 Å². The number of rotatable bonds is 7. The molecular weight excluding hydrogens is 518 g/mol. The number of benzene rings is 2. The molecule has 4 rings (SSSR count). The van der Waals surface area contributed by atoms with Crippen LogP contribution in [0.4, 0.5) is 0 Å². The van der Waals surface area contributed by atoms with Gasteiger partial charge < -0.3 is 9.47 Å². The first-order valence-electron chi connectivity index (χ1n) is 10.7. The third-order valence-corrected chi connectivity index (χ3v) is 7.55. The highest BCUT2D eigenvalue weighted by molar-refractivity contribution is 9.10. The van der Waals surface area contributed by atoms with Crippen molar-refractivity contribution in [1.29, 1.82) is 0 Å². The van der Waals surface area contributed by atoms with E-state index in [4.69, 9.17) is 14.5 Å². The number of sulfonamides is 1. The Morgan fingerprint density at radius 2 is 1.76 bits per heavy atom. The maximum Gasteiger partial charge on any atom is 0.241 e. The van der Waals surface area contributed by atoms with Gasteiger partial charge in [0.15, 0.2) is 0 Å². The normalized spacial score (nSPS) is 16.0. The molecule has 7 nitrogen and oxygen atoms in total. The molecule has 34 heavy (non-hydrogen) atoms. The molecule has 0 fully saturated rings. The molecule has 1 aliphatic heterocycles. The van der Waals surface area contributed by atoms with Crippen molar-refractivity contribution < 1.29 is 17.9 Å². The Balaban J connectivity index is 1.86. The summed E-state index contributed by atoms with van der Waals surface area (Å²) in [6.45, 7) is 6.29. The summed E-state index contributed by atoms with van der Waals surface area (Å²) in [4.78, 5) is 9.18. The molecule has 0 bridgehead atoms. The van der Waals surface area contributed by atoms with Gasteiger partial charge in [0.05, 0.1) is 29.1 Å². The van der Waals surface area contributed by atoms with E-state index in [-0.39, 0.29) is 10.4 Å². The van der Waals surface area contributed by atoms with Gasteiger partial charge in [0.25, 0.3) is 0 Å². The Bertz CT molecular complexity index is 1320. The van der Waals surface area contributed by atoms with Crippen molar-refractivity contribution >= 4 is 31.9 Å². The second-order valence-electron chi connectivity index (χ2n) is 8.74. The average molecular weight is 544 g/mol. The molecule has 1 aromatic heterocycles. The number of ether oxygens (including phenoxy) is 2. The smallest absolute Gasteiger partial charge is 0.241 e. The van der Waals surface area contributed by atoms with E-state index in [2.05, 4.69) is 25.6 Å². The number of halogens is 1. The lowest BCUT2D eigenvalue weighted by molar-refractivity contribution is 0.279. The minimum absolute atomic E-state index is 0.180. The van der Waals surface area contributed by atoms with E-state index in [1.54, 1.807) is 55.9 Å². The van der Waals surface area contributed by atoms with Crippen molar-refractivity contribution in [2.75, 3.05) is 13.7 Å². The second-order valence-corrected chi connectivity index (χ2v) is 11.3. The molecule has 3 aromatic rings. The molecular formula is C25H26BrN3O4S. The van der Waals surface area contributed by atoms with Crippen molar-refractivity contribution in [3.05, 3.63) is 87.7 Å². The van der Waals surface area contributed by atoms with Gasteiger partial charge in [-0.1, -0.05) is 29.8 Å². The van der Waals surface area contributed by atoms with Crippen LogP contribution in [0.5, 0.6) is 5.75 Å². The zero-order valence-corrected chi connectivity index (χ0v) is 21.8. The zero-order valence-electron chi connectivity index (χ0n) is 19.4. The van der Waals surface area contributed by atoms with Crippen molar-refractivity contribution in [2.24, 2.45) is 4.99 Å². The van der Waals surface area contributed by atoms with Crippen LogP contribution in [0.2, 0.25) is 0 Å². The van der Waals surface area contributed by atoms with Crippen LogP contribution in [-0.4, -0.2) is 38.6 Å². The maximum absolute atomic E-state index is 13.4. The van der Waals surface area contributed by atoms with Gasteiger partial charge in [0, 0.05) is 22.4 Å². The second kappa shape index (κ2) is 9.48. The number of nitrogens with one attached hydrogen (secondary N) is 1. The number of nitrogens with zero attached hydrogens (tertiary/aromatic N) is 2. The lowest BCUT2D eigenvalue weighted by atomic mass is 9.96. The Kier molecular flexibility index (Phi) is 6.80. The van der Waals surface area contributed by atoms with Crippen LogP contribution in [0.25, 0.3) is 0 Å². The van der Waals surface area contributed by atoms with Gasteiger partial charge in [-0.2, -0.15) is 4.72 Å². The summed E-state index contributed by atoms with van der Waals surface area (Å²) in [5.74, 6) is 1.10. The summed E-state index contributed by atoms with van der Waals surface area (Å²) in [5.41, 5.74) is 2.59. The third kappa shape index (κ3) is 5.16. The van der Waals surface area contributed by atoms with Crippen LogP contribution in [0.1, 0.15) is 42.1 Å². The minimum atomic E-state index is -3.87. The van der Waals surface area contributed by atoms with E-state index in [0.29, 0.717) is 33.9 Å². The molecule has 1 atom stereocenters. The van der Waals surface area contributed by atoms with E-state index in [9.17, 15) is 8.42 Å². The highest BCUT2D eigenvalue weighted by atomic mass is 79.9. The zero-order chi connectivity index (χ0) is 24.5. The Labute approximate surface area is 208 Å². The van der Waals surface area contributed by atoms with E-state index in [0.717, 1.165) is 11.1 Å². The third-order valence-electron chi connectivity index (χ3n) is 5.48. The standard InChI is InChI=1S/C25H26BrN3O4S/c1-16-5-11-19(12-6-16)34(30,31)29-23(17-7-9-18(32-4)10-8-17)22-20(13-27-14-21(22)26)24-28-25(2,3)15-33-24/h5-14,23,29H,15H2,1-4H3. The first kappa shape index (κ1) is 24.4. The van der Waals surface area contributed by atoms with Gasteiger partial charge in [-0.3, -0.25) is 4.98 Å². The molecule has 0 spiro atoms. The molecule has 2 heterocycles. The van der Waals surface area contributed by atoms with E-state index in [1.165, 1.54) is 0 Å². The summed E-state index contributed by atoms with van der Waals surface area (Å²) < 4.78 is 41.6. The average Bonchev–Trinajstić information content (AvgIpc) is 3.17. The van der Waals surface area contributed by atoms with Gasteiger partial charge in [-0.25, -0.2) is 13.4 Å². The van der Waals surface area contributed by atoms with E-state index in [1.807, 2.05) is 32.9 Å². The molecule has 2 aromatic carbocycles. The number of aromatic nitrogens is 1. The number of methoxy groups -OCH3 is 1. The van der Waals surface area contributed by atoms with Crippen LogP contribution in [0, 0.1) is 6.92 Å². The van der Waals surface area contributed by atoms with Crippen LogP contribution in [-0.2, 0) is 14.8 Å². The molecule has 1 aliphatic rings. The predicted octanol–water partition coefficient (Wildman–Crippen LogP) is 4.78. The quantitative estimate of drug-likeness (QED) is 0.462. The van der Waals surface area contributed by atoms with Crippen LogP contribution < -0.4 is 9.46 Å². The minimum Gasteiger partial charge on any atom is -0.497 e. The summed E-state index contributed by atoms with van der Waals surface area (Å²) in [7, 11) is -2.29. The van der Waals surface area contributed by atoms with Crippen LogP contribution >= 0.6 is 15.9 Å². The highest BCUT2D eigenvalue weighted by Crippen LogP contribution is 2.35. The van der Waals surface area contributed by atoms with Gasteiger partial charge in [0.2, 0.25) is 15.9 Å². The highest BCUT2D eigenvalue weighted by Gasteiger charge is 2.33. The Morgan fingerprint density at radius 3 is 2.35 bits per heavy atom. The van der Waals surface area contributed by atoms with Crippen LogP contribution in [0.3, 0.4) is 0 Å². The van der Waals surface area contributed by atoms with Crippen molar-refractivity contribution in [1.82, 2.24) is 9.71 Å². The molecule has 9 heteroatoms. The van der Waals surface area contributed by atoms with E-state index >= 15 is 0 Å². The monoisotopic (exact) mass is 543 g/mol. The fraction of sp³-hybridized carbons (Fsp3) is 0.280. The molecule has 0 aliphatic carbocycles. The van der Waals surface area contributed by atoms with Crippen molar-refractivity contribution in [2.45, 2.75) is 37.2 Å². The molecule has 0 saturated carbocycles. The SMILES string of the molecule is COc1ccc(C(NS(=O)(=O)c2ccc(C)cc2)c2c(Br)cncc2C2=NC(C)(C)CO2)cc1. The van der Waals surface area contributed by atoms with Gasteiger partial charge in [-0.15, -0.1) is 0 Å². The molecule has 1 N–H and O–H groups in total. The topological polar surface area (TPSA) is 89.9 Å². The number of hydrogen-bond donors (Lipinski definition) is 1. The summed E-state index contributed by atoms with van der Waals surface area (Å²) in [6, 6.07) is 13.2. The van der Waals surface area contributed by atoms with E-state index < -0.39 is 16.1 Å². The number of pyridine rings is 1. The molecule has 178 valence electrons. The lowest BCUT2D eigenvalue weighted by Gasteiger charge is -2.23. The Morgan fingerprint density at radius 1 is 1.09 bits per heavy atom. The number of aliphatic imine (C=N–C) groups is 1. The molecule has 0 amide bonds. The lowest BCUT2D eigenvalue weighted by Crippen LogP contribution is -2.31. The van der Waals surface area contributed by atoms with Crippen LogP contribution in [0.15, 0.2) is 75.3 Å². The Hall–Kier alpha value is -2.75. The molecule has 1 unspecified atom stereocenters. The molecule has 0 saturated heterocycles. The molecule has 0 radical (unpaired) electrons. The van der Waals surface area contributed by atoms with Gasteiger partial charge >= 0.3 is 0 Å². The number of hydrogen-bond acceptors (Lipinski definition) is 6. The maximum atomic E-state index is 13.4. The van der Waals surface area contributed by atoms with Gasteiger partial charge in [-0.05, 0) is 66.5 Å². The van der Waals surface area contributed by atoms with Crippen molar-refractivity contribution in [3.63, 3.8) is 0 Å². The first-order chi connectivity index (χ1) is 16.1.